The Morgan fingerprint density at radius 2 is 1.82 bits per heavy atom. The summed E-state index contributed by atoms with van der Waals surface area (Å²) < 4.78 is 1.97. The Bertz CT molecular complexity index is 1370. The SMILES string of the molecule is Cc1c2cn(C)ccc2c(C(=O)NCCCNC(=O)N(C)N=O)c2nc3ccccc3c12.Cl. The maximum absolute atomic E-state index is 13.3. The largest absolute Gasteiger partial charge is 0.357 e. The molecule has 10 heteroatoms. The number of nitrogens with one attached hydrogen (secondary N) is 2. The average molecular weight is 469 g/mol. The molecule has 2 aromatic carbocycles. The zero-order chi connectivity index (χ0) is 22.8. The third kappa shape index (κ3) is 4.45. The Kier molecular flexibility index (Phi) is 7.13. The first-order valence-corrected chi connectivity index (χ1v) is 10.3. The fourth-order valence-corrected chi connectivity index (χ4v) is 3.98. The molecular weight excluding hydrogens is 444 g/mol. The summed E-state index contributed by atoms with van der Waals surface area (Å²) in [4.78, 5) is 40.0. The van der Waals surface area contributed by atoms with Gasteiger partial charge in [-0.15, -0.1) is 17.3 Å². The number of rotatable bonds is 6. The van der Waals surface area contributed by atoms with Crippen molar-refractivity contribution >= 4 is 56.9 Å². The number of fused-ring (bicyclic) bond motifs is 4. The zero-order valence-electron chi connectivity index (χ0n) is 18.6. The lowest BCUT2D eigenvalue weighted by Crippen LogP contribution is -2.35. The number of hydrogen-bond acceptors (Lipinski definition) is 5. The number of hydrogen-bond donors (Lipinski definition) is 2. The van der Waals surface area contributed by atoms with E-state index >= 15 is 0 Å². The van der Waals surface area contributed by atoms with Crippen molar-refractivity contribution in [3.8, 4) is 0 Å². The summed E-state index contributed by atoms with van der Waals surface area (Å²) in [6.45, 7) is 2.72. The number of amides is 3. The molecule has 0 aliphatic rings. The van der Waals surface area contributed by atoms with Crippen LogP contribution in [-0.2, 0) is 7.05 Å². The lowest BCUT2D eigenvalue weighted by atomic mass is 9.95. The molecule has 2 N–H and O–H groups in total. The molecule has 172 valence electrons. The molecule has 2 heterocycles. The number of urea groups is 1. The number of pyridine rings is 1. The Morgan fingerprint density at radius 3 is 2.58 bits per heavy atom. The van der Waals surface area contributed by atoms with Crippen LogP contribution in [0.25, 0.3) is 32.6 Å². The molecule has 0 radical (unpaired) electrons. The van der Waals surface area contributed by atoms with Gasteiger partial charge in [0.25, 0.3) is 5.91 Å². The molecule has 9 nitrogen and oxygen atoms in total. The summed E-state index contributed by atoms with van der Waals surface area (Å²) in [5.41, 5.74) is 3.18. The first kappa shape index (κ1) is 23.9. The summed E-state index contributed by atoms with van der Waals surface area (Å²) in [6.07, 6.45) is 4.44. The van der Waals surface area contributed by atoms with Crippen LogP contribution < -0.4 is 10.6 Å². The molecular formula is C23H25ClN6O3. The van der Waals surface area contributed by atoms with E-state index in [4.69, 9.17) is 4.98 Å². The third-order valence-corrected chi connectivity index (χ3v) is 5.59. The van der Waals surface area contributed by atoms with Crippen molar-refractivity contribution < 1.29 is 9.59 Å². The van der Waals surface area contributed by atoms with E-state index in [1.165, 1.54) is 7.05 Å². The van der Waals surface area contributed by atoms with E-state index in [1.807, 2.05) is 54.3 Å². The van der Waals surface area contributed by atoms with E-state index in [0.717, 1.165) is 32.6 Å². The monoisotopic (exact) mass is 468 g/mol. The van der Waals surface area contributed by atoms with Gasteiger partial charge in [0.1, 0.15) is 0 Å². The minimum Gasteiger partial charge on any atom is -0.357 e. The van der Waals surface area contributed by atoms with Gasteiger partial charge in [-0.2, -0.15) is 5.01 Å². The van der Waals surface area contributed by atoms with Crippen LogP contribution in [0.5, 0.6) is 0 Å². The Labute approximate surface area is 196 Å². The lowest BCUT2D eigenvalue weighted by molar-refractivity contribution is 0.0956. The van der Waals surface area contributed by atoms with Gasteiger partial charge in [0.05, 0.1) is 21.9 Å². The van der Waals surface area contributed by atoms with Gasteiger partial charge < -0.3 is 15.2 Å². The van der Waals surface area contributed by atoms with Crippen LogP contribution in [0.15, 0.2) is 48.0 Å². The number of carbonyl (C=O) groups is 2. The highest BCUT2D eigenvalue weighted by Crippen LogP contribution is 2.36. The van der Waals surface area contributed by atoms with Crippen molar-refractivity contribution in [3.63, 3.8) is 0 Å². The van der Waals surface area contributed by atoms with Crippen molar-refractivity contribution in [3.05, 3.63) is 58.8 Å². The molecule has 0 spiro atoms. The van der Waals surface area contributed by atoms with E-state index in [9.17, 15) is 14.5 Å². The minimum absolute atomic E-state index is 0. The smallest absolute Gasteiger partial charge is 0.340 e. The number of aromatic nitrogens is 2. The number of benzene rings is 2. The van der Waals surface area contributed by atoms with Gasteiger partial charge in [0, 0.05) is 55.7 Å². The van der Waals surface area contributed by atoms with Crippen LogP contribution >= 0.6 is 12.4 Å². The molecule has 4 aromatic rings. The van der Waals surface area contributed by atoms with Crippen molar-refractivity contribution in [2.45, 2.75) is 13.3 Å². The second-order valence-electron chi connectivity index (χ2n) is 7.74. The summed E-state index contributed by atoms with van der Waals surface area (Å²) in [5.74, 6) is -0.213. The van der Waals surface area contributed by atoms with Crippen LogP contribution in [0.3, 0.4) is 0 Å². The van der Waals surface area contributed by atoms with Crippen LogP contribution in [0.4, 0.5) is 4.79 Å². The molecule has 0 aliphatic carbocycles. The van der Waals surface area contributed by atoms with Gasteiger partial charge in [-0.3, -0.25) is 4.79 Å². The summed E-state index contributed by atoms with van der Waals surface area (Å²) in [7, 11) is 3.23. The van der Waals surface area contributed by atoms with E-state index in [0.29, 0.717) is 35.6 Å². The van der Waals surface area contributed by atoms with Gasteiger partial charge in [0.2, 0.25) is 0 Å². The minimum atomic E-state index is -0.585. The molecule has 0 saturated heterocycles. The highest BCUT2D eigenvalue weighted by Gasteiger charge is 2.21. The zero-order valence-corrected chi connectivity index (χ0v) is 19.4. The summed E-state index contributed by atoms with van der Waals surface area (Å²) >= 11 is 0. The molecule has 0 unspecified atom stereocenters. The van der Waals surface area contributed by atoms with Crippen molar-refractivity contribution in [2.75, 3.05) is 20.1 Å². The normalized spacial score (nSPS) is 10.8. The van der Waals surface area contributed by atoms with Crippen LogP contribution in [0.1, 0.15) is 22.3 Å². The van der Waals surface area contributed by atoms with E-state index < -0.39 is 6.03 Å². The number of nitrogens with zero attached hydrogens (tertiary/aromatic N) is 4. The second-order valence-corrected chi connectivity index (χ2v) is 7.74. The van der Waals surface area contributed by atoms with Crippen molar-refractivity contribution in [1.82, 2.24) is 25.2 Å². The predicted molar refractivity (Wildman–Crippen MR) is 132 cm³/mol. The number of aryl methyl sites for hydroxylation is 2. The van der Waals surface area contributed by atoms with Crippen LogP contribution in [0.2, 0.25) is 0 Å². The molecule has 0 fully saturated rings. The summed E-state index contributed by atoms with van der Waals surface area (Å²) in [6, 6.07) is 9.26. The Morgan fingerprint density at radius 1 is 1.09 bits per heavy atom. The standard InChI is InChI=1S/C23H24N6O3.ClH/c1-14-17-13-28(2)12-9-15(17)20(21-19(14)16-7-4-5-8-18(16)26-21)22(30)24-10-6-11-25-23(31)29(3)27-32;/h4-5,7-9,12-13H,6,10-11H2,1-3H3,(H,24,30)(H,25,31);1H. The Hall–Kier alpha value is -3.72. The number of para-hydroxylation sites is 1. The van der Waals surface area contributed by atoms with Gasteiger partial charge in [-0.05, 0) is 36.4 Å². The highest BCUT2D eigenvalue weighted by atomic mass is 35.5. The lowest BCUT2D eigenvalue weighted by Gasteiger charge is -2.14. The number of nitroso groups, excluding NO2 is 1. The first-order valence-electron chi connectivity index (χ1n) is 10.3. The second kappa shape index (κ2) is 9.83. The first-order chi connectivity index (χ1) is 15.4. The molecule has 4 rings (SSSR count). The number of carbonyl (C=O) groups excluding carboxylic acids is 2. The average Bonchev–Trinajstić information content (AvgIpc) is 3.18. The quantitative estimate of drug-likeness (QED) is 0.253. The van der Waals surface area contributed by atoms with Gasteiger partial charge in [0.15, 0.2) is 0 Å². The number of halogens is 1. The Balaban J connectivity index is 0.00000306. The highest BCUT2D eigenvalue weighted by molar-refractivity contribution is 6.24. The van der Waals surface area contributed by atoms with Crippen LogP contribution in [0, 0.1) is 11.8 Å². The maximum atomic E-state index is 13.3. The van der Waals surface area contributed by atoms with E-state index in [-0.39, 0.29) is 18.3 Å². The van der Waals surface area contributed by atoms with E-state index in [1.54, 1.807) is 0 Å². The fraction of sp³-hybridized carbons (Fsp3) is 0.261. The van der Waals surface area contributed by atoms with Gasteiger partial charge in [-0.25, -0.2) is 9.78 Å². The summed E-state index contributed by atoms with van der Waals surface area (Å²) in [5, 5.41) is 12.6. The molecule has 0 atom stereocenters. The molecule has 0 bridgehead atoms. The molecule has 2 aromatic heterocycles. The third-order valence-electron chi connectivity index (χ3n) is 5.59. The van der Waals surface area contributed by atoms with Crippen LogP contribution in [-0.4, -0.2) is 46.6 Å². The molecule has 0 saturated carbocycles. The molecule has 33 heavy (non-hydrogen) atoms. The fourth-order valence-electron chi connectivity index (χ4n) is 3.98. The van der Waals surface area contributed by atoms with Gasteiger partial charge in [-0.1, -0.05) is 18.2 Å². The van der Waals surface area contributed by atoms with Gasteiger partial charge >= 0.3 is 6.03 Å². The maximum Gasteiger partial charge on any atom is 0.340 e. The predicted octanol–water partition coefficient (Wildman–Crippen LogP) is 4.05. The van der Waals surface area contributed by atoms with Crippen molar-refractivity contribution in [2.24, 2.45) is 12.3 Å². The molecule has 3 amide bonds. The van der Waals surface area contributed by atoms with E-state index in [2.05, 4.69) is 22.8 Å². The van der Waals surface area contributed by atoms with Crippen molar-refractivity contribution in [1.29, 1.82) is 0 Å². The molecule has 0 aliphatic heterocycles. The topological polar surface area (TPSA) is 109 Å².